The van der Waals surface area contributed by atoms with E-state index in [2.05, 4.69) is 62.5 Å². The highest BCUT2D eigenvalue weighted by atomic mass is 16.3. The summed E-state index contributed by atoms with van der Waals surface area (Å²) in [5, 5.41) is 11.9. The van der Waals surface area contributed by atoms with Crippen molar-refractivity contribution in [3.63, 3.8) is 0 Å². The van der Waals surface area contributed by atoms with E-state index in [1.54, 1.807) is 0 Å². The van der Waals surface area contributed by atoms with E-state index in [1.165, 1.54) is 11.1 Å². The molecular formula is C16H25NO. The smallest absolute Gasteiger partial charge is 0.0443 e. The van der Waals surface area contributed by atoms with Crippen LogP contribution in [0.25, 0.3) is 6.08 Å². The highest BCUT2D eigenvalue weighted by Crippen LogP contribution is 2.22. The van der Waals surface area contributed by atoms with Gasteiger partial charge in [-0.15, -0.1) is 0 Å². The van der Waals surface area contributed by atoms with E-state index in [4.69, 9.17) is 5.11 Å². The van der Waals surface area contributed by atoms with Gasteiger partial charge >= 0.3 is 0 Å². The predicted molar refractivity (Wildman–Crippen MR) is 78.7 cm³/mol. The molecule has 0 spiro atoms. The van der Waals surface area contributed by atoms with Gasteiger partial charge in [0.15, 0.2) is 0 Å². The summed E-state index contributed by atoms with van der Waals surface area (Å²) in [5.74, 6) is 0. The number of nitrogens with one attached hydrogen (secondary N) is 1. The van der Waals surface area contributed by atoms with E-state index < -0.39 is 0 Å². The summed E-state index contributed by atoms with van der Waals surface area (Å²) < 4.78 is 0. The highest BCUT2D eigenvalue weighted by Gasteiger charge is 2.12. The fourth-order valence-electron chi connectivity index (χ4n) is 1.68. The van der Waals surface area contributed by atoms with Crippen LogP contribution in [0.4, 0.5) is 0 Å². The molecule has 1 rings (SSSR count). The second-order valence-electron chi connectivity index (χ2n) is 5.56. The lowest BCUT2D eigenvalue weighted by molar-refractivity contribution is 0.287. The Morgan fingerprint density at radius 2 is 1.83 bits per heavy atom. The molecule has 0 aliphatic carbocycles. The molecule has 0 aromatic heterocycles. The highest BCUT2D eigenvalue weighted by molar-refractivity contribution is 5.50. The maximum atomic E-state index is 8.63. The minimum Gasteiger partial charge on any atom is -0.396 e. The lowest BCUT2D eigenvalue weighted by atomic mass is 9.87. The number of aliphatic hydroxyl groups excluding tert-OH is 1. The Morgan fingerprint density at radius 1 is 1.17 bits per heavy atom. The van der Waals surface area contributed by atoms with Crippen LogP contribution in [-0.2, 0) is 5.41 Å². The van der Waals surface area contributed by atoms with Crippen LogP contribution in [0.15, 0.2) is 30.3 Å². The van der Waals surface area contributed by atoms with E-state index in [9.17, 15) is 0 Å². The molecule has 2 heteroatoms. The number of hydrogen-bond donors (Lipinski definition) is 2. The first kappa shape index (κ1) is 14.9. The van der Waals surface area contributed by atoms with Crippen LogP contribution >= 0.6 is 0 Å². The van der Waals surface area contributed by atoms with E-state index in [-0.39, 0.29) is 12.0 Å². The number of hydrogen-bond acceptors (Lipinski definition) is 2. The molecule has 1 aromatic rings. The van der Waals surface area contributed by atoms with Gasteiger partial charge in [0.1, 0.15) is 0 Å². The third-order valence-electron chi connectivity index (χ3n) is 2.86. The predicted octanol–water partition coefficient (Wildman–Crippen LogP) is 2.97. The third-order valence-corrected chi connectivity index (χ3v) is 2.86. The Balaban J connectivity index is 2.41. The second-order valence-corrected chi connectivity index (χ2v) is 5.56. The van der Waals surface area contributed by atoms with E-state index >= 15 is 0 Å². The normalized spacial score (nSPS) is 12.2. The molecule has 0 amide bonds. The van der Waals surface area contributed by atoms with Crippen LogP contribution in [0.2, 0.25) is 0 Å². The van der Waals surface area contributed by atoms with Gasteiger partial charge < -0.3 is 10.4 Å². The van der Waals surface area contributed by atoms with Crippen molar-refractivity contribution in [2.45, 2.75) is 32.6 Å². The van der Waals surface area contributed by atoms with Crippen molar-refractivity contribution in [3.8, 4) is 0 Å². The van der Waals surface area contributed by atoms with Gasteiger partial charge in [0.25, 0.3) is 0 Å². The van der Waals surface area contributed by atoms with Crippen LogP contribution in [0, 0.1) is 0 Å². The Kier molecular flexibility index (Phi) is 6.10. The minimum absolute atomic E-state index is 0.216. The van der Waals surface area contributed by atoms with Crippen LogP contribution in [0.1, 0.15) is 38.3 Å². The molecule has 0 heterocycles. The van der Waals surface area contributed by atoms with Gasteiger partial charge in [-0.1, -0.05) is 57.2 Å². The average molecular weight is 247 g/mol. The Bertz CT molecular complexity index is 360. The lowest BCUT2D eigenvalue weighted by Crippen LogP contribution is -2.15. The molecule has 0 radical (unpaired) electrons. The third kappa shape index (κ3) is 5.48. The summed E-state index contributed by atoms with van der Waals surface area (Å²) in [4.78, 5) is 0. The van der Waals surface area contributed by atoms with Gasteiger partial charge in [0.2, 0.25) is 0 Å². The summed E-state index contributed by atoms with van der Waals surface area (Å²) in [6.07, 6.45) is 5.05. The molecule has 0 atom stereocenters. The standard InChI is InChI=1S/C16H25NO/c1-16(2,3)15-9-7-14(8-10-15)6-4-11-17-12-5-13-18/h4,6-10,17-18H,5,11-13H2,1-3H3/b6-4+. The Labute approximate surface area is 111 Å². The first-order valence-corrected chi connectivity index (χ1v) is 6.62. The van der Waals surface area contributed by atoms with Gasteiger partial charge in [0.05, 0.1) is 0 Å². The number of rotatable bonds is 6. The number of aliphatic hydroxyl groups is 1. The van der Waals surface area contributed by atoms with Crippen molar-refractivity contribution in [1.29, 1.82) is 0 Å². The number of benzene rings is 1. The molecule has 0 saturated heterocycles. The molecule has 18 heavy (non-hydrogen) atoms. The first-order chi connectivity index (χ1) is 8.54. The summed E-state index contributed by atoms with van der Waals surface area (Å²) in [5.41, 5.74) is 2.81. The molecule has 0 saturated carbocycles. The molecule has 0 aliphatic rings. The van der Waals surface area contributed by atoms with E-state index in [0.29, 0.717) is 0 Å². The zero-order chi connectivity index (χ0) is 13.4. The quantitative estimate of drug-likeness (QED) is 0.757. The second kappa shape index (κ2) is 7.34. The largest absolute Gasteiger partial charge is 0.396 e. The van der Waals surface area contributed by atoms with Gasteiger partial charge in [-0.05, 0) is 29.5 Å². The van der Waals surface area contributed by atoms with E-state index in [1.807, 2.05) is 0 Å². The maximum absolute atomic E-state index is 8.63. The molecular weight excluding hydrogens is 222 g/mol. The van der Waals surface area contributed by atoms with Crippen molar-refractivity contribution in [1.82, 2.24) is 5.32 Å². The minimum atomic E-state index is 0.216. The maximum Gasteiger partial charge on any atom is 0.0443 e. The lowest BCUT2D eigenvalue weighted by Gasteiger charge is -2.18. The summed E-state index contributed by atoms with van der Waals surface area (Å²) in [6.45, 7) is 8.64. The summed E-state index contributed by atoms with van der Waals surface area (Å²) >= 11 is 0. The first-order valence-electron chi connectivity index (χ1n) is 6.62. The van der Waals surface area contributed by atoms with Crippen LogP contribution in [0.3, 0.4) is 0 Å². The zero-order valence-corrected chi connectivity index (χ0v) is 11.7. The molecule has 0 bridgehead atoms. The Morgan fingerprint density at radius 3 is 2.39 bits per heavy atom. The van der Waals surface area contributed by atoms with Crippen molar-refractivity contribution >= 4 is 6.08 Å². The van der Waals surface area contributed by atoms with Crippen molar-refractivity contribution in [2.75, 3.05) is 19.7 Å². The SMILES string of the molecule is CC(C)(C)c1ccc(/C=C/CNCCCO)cc1. The zero-order valence-electron chi connectivity index (χ0n) is 11.7. The molecule has 100 valence electrons. The molecule has 2 N–H and O–H groups in total. The molecule has 0 aliphatic heterocycles. The Hall–Kier alpha value is -1.12. The van der Waals surface area contributed by atoms with Crippen LogP contribution < -0.4 is 5.32 Å². The van der Waals surface area contributed by atoms with Crippen LogP contribution in [0.5, 0.6) is 0 Å². The molecule has 1 aromatic carbocycles. The van der Waals surface area contributed by atoms with Gasteiger partial charge in [-0.25, -0.2) is 0 Å². The van der Waals surface area contributed by atoms with Gasteiger partial charge in [-0.2, -0.15) is 0 Å². The molecule has 0 fully saturated rings. The summed E-state index contributed by atoms with van der Waals surface area (Å²) in [7, 11) is 0. The van der Waals surface area contributed by atoms with Gasteiger partial charge in [-0.3, -0.25) is 0 Å². The average Bonchev–Trinajstić information content (AvgIpc) is 2.33. The van der Waals surface area contributed by atoms with Crippen molar-refractivity contribution in [2.24, 2.45) is 0 Å². The molecule has 2 nitrogen and oxygen atoms in total. The van der Waals surface area contributed by atoms with Crippen molar-refractivity contribution < 1.29 is 5.11 Å². The van der Waals surface area contributed by atoms with Crippen LogP contribution in [-0.4, -0.2) is 24.8 Å². The molecule has 0 unspecified atom stereocenters. The topological polar surface area (TPSA) is 32.3 Å². The monoisotopic (exact) mass is 247 g/mol. The van der Waals surface area contributed by atoms with E-state index in [0.717, 1.165) is 19.5 Å². The van der Waals surface area contributed by atoms with Gasteiger partial charge in [0, 0.05) is 13.2 Å². The fourth-order valence-corrected chi connectivity index (χ4v) is 1.68. The van der Waals surface area contributed by atoms with Crippen molar-refractivity contribution in [3.05, 3.63) is 41.5 Å². The summed E-state index contributed by atoms with van der Waals surface area (Å²) in [6, 6.07) is 8.70. The fraction of sp³-hybridized carbons (Fsp3) is 0.500.